The zero-order valence-electron chi connectivity index (χ0n) is 16.0. The van der Waals surface area contributed by atoms with Crippen molar-refractivity contribution < 1.29 is 19.1 Å². The molecular formula is C20H20Cl2N2O4S. The largest absolute Gasteiger partial charge is 0.465 e. The van der Waals surface area contributed by atoms with Crippen molar-refractivity contribution >= 4 is 57.3 Å². The summed E-state index contributed by atoms with van der Waals surface area (Å²) in [6, 6.07) is 4.51. The number of esters is 1. The van der Waals surface area contributed by atoms with E-state index in [1.807, 2.05) is 0 Å². The molecule has 0 aliphatic carbocycles. The first kappa shape index (κ1) is 21.6. The lowest BCUT2D eigenvalue weighted by Crippen LogP contribution is -2.35. The molecule has 1 aliphatic heterocycles. The van der Waals surface area contributed by atoms with Crippen LogP contribution in [-0.2, 0) is 4.74 Å². The van der Waals surface area contributed by atoms with Gasteiger partial charge in [-0.05, 0) is 49.9 Å². The second kappa shape index (κ2) is 9.15. The van der Waals surface area contributed by atoms with Gasteiger partial charge in [-0.2, -0.15) is 0 Å². The number of amides is 2. The quantitative estimate of drug-likeness (QED) is 0.657. The number of hydrogen-bond acceptors (Lipinski definition) is 5. The standard InChI is InChI=1S/C20H20Cl2N2O4S/c1-11-15(20(27)28-2)18(23-17(25)13-7-6-12(21)10-14(13)22)29-16(11)19(26)24-8-4-3-5-9-24/h6-7,10H,3-5,8-9H2,1-2H3,(H,23,25). The van der Waals surface area contributed by atoms with Gasteiger partial charge in [-0.15, -0.1) is 11.3 Å². The molecular weight excluding hydrogens is 435 g/mol. The molecule has 1 aliphatic rings. The molecule has 2 aromatic rings. The highest BCUT2D eigenvalue weighted by Gasteiger charge is 2.29. The van der Waals surface area contributed by atoms with Crippen molar-refractivity contribution in [2.75, 3.05) is 25.5 Å². The lowest BCUT2D eigenvalue weighted by molar-refractivity contribution is 0.0601. The molecule has 1 aromatic heterocycles. The number of halogens is 2. The van der Waals surface area contributed by atoms with Crippen LogP contribution in [0.15, 0.2) is 18.2 Å². The van der Waals surface area contributed by atoms with Gasteiger partial charge in [0.15, 0.2) is 0 Å². The SMILES string of the molecule is COC(=O)c1c(NC(=O)c2ccc(Cl)cc2Cl)sc(C(=O)N2CCCCC2)c1C. The number of benzene rings is 1. The summed E-state index contributed by atoms with van der Waals surface area (Å²) in [4.78, 5) is 40.3. The highest BCUT2D eigenvalue weighted by molar-refractivity contribution is 7.18. The van der Waals surface area contributed by atoms with E-state index in [0.717, 1.165) is 30.6 Å². The van der Waals surface area contributed by atoms with E-state index >= 15 is 0 Å². The van der Waals surface area contributed by atoms with E-state index in [0.29, 0.717) is 28.6 Å². The van der Waals surface area contributed by atoms with Crippen LogP contribution in [0.3, 0.4) is 0 Å². The minimum absolute atomic E-state index is 0.137. The topological polar surface area (TPSA) is 75.7 Å². The molecule has 0 bridgehead atoms. The highest BCUT2D eigenvalue weighted by Crippen LogP contribution is 2.35. The Balaban J connectivity index is 1.95. The van der Waals surface area contributed by atoms with Crippen LogP contribution in [-0.4, -0.2) is 42.9 Å². The Morgan fingerprint density at radius 1 is 1.14 bits per heavy atom. The molecule has 1 N–H and O–H groups in total. The minimum Gasteiger partial charge on any atom is -0.465 e. The fourth-order valence-electron chi connectivity index (χ4n) is 3.24. The van der Waals surface area contributed by atoms with Gasteiger partial charge >= 0.3 is 5.97 Å². The second-order valence-electron chi connectivity index (χ2n) is 6.68. The van der Waals surface area contributed by atoms with Crippen LogP contribution in [0, 0.1) is 6.92 Å². The van der Waals surface area contributed by atoms with Gasteiger partial charge in [0.25, 0.3) is 11.8 Å². The van der Waals surface area contributed by atoms with Gasteiger partial charge in [0.1, 0.15) is 5.00 Å². The maximum atomic E-state index is 13.0. The molecule has 6 nitrogen and oxygen atoms in total. The predicted molar refractivity (Wildman–Crippen MR) is 115 cm³/mol. The molecule has 2 heterocycles. The molecule has 154 valence electrons. The van der Waals surface area contributed by atoms with Crippen LogP contribution >= 0.6 is 34.5 Å². The molecule has 3 rings (SSSR count). The van der Waals surface area contributed by atoms with Crippen LogP contribution < -0.4 is 5.32 Å². The van der Waals surface area contributed by atoms with Crippen molar-refractivity contribution in [1.82, 2.24) is 4.90 Å². The Morgan fingerprint density at radius 3 is 2.45 bits per heavy atom. The number of rotatable bonds is 4. The number of methoxy groups -OCH3 is 1. The number of nitrogens with zero attached hydrogens (tertiary/aromatic N) is 1. The summed E-state index contributed by atoms with van der Waals surface area (Å²) >= 11 is 13.1. The Morgan fingerprint density at radius 2 is 1.83 bits per heavy atom. The van der Waals surface area contributed by atoms with Crippen molar-refractivity contribution in [1.29, 1.82) is 0 Å². The fraction of sp³-hybridized carbons (Fsp3) is 0.350. The zero-order valence-corrected chi connectivity index (χ0v) is 18.3. The summed E-state index contributed by atoms with van der Waals surface area (Å²) < 4.78 is 4.87. The molecule has 0 radical (unpaired) electrons. The maximum absolute atomic E-state index is 13.0. The number of thiophene rings is 1. The van der Waals surface area contributed by atoms with Crippen LogP contribution in [0.4, 0.5) is 5.00 Å². The number of hydrogen-bond donors (Lipinski definition) is 1. The first-order chi connectivity index (χ1) is 13.8. The molecule has 1 fully saturated rings. The molecule has 0 spiro atoms. The number of piperidine rings is 1. The number of likely N-dealkylation sites (tertiary alicyclic amines) is 1. The summed E-state index contributed by atoms with van der Waals surface area (Å²) in [6.07, 6.45) is 3.02. The monoisotopic (exact) mass is 454 g/mol. The summed E-state index contributed by atoms with van der Waals surface area (Å²) in [5, 5.41) is 3.55. The van der Waals surface area contributed by atoms with Gasteiger partial charge in [0.05, 0.1) is 28.1 Å². The number of ether oxygens (including phenoxy) is 1. The van der Waals surface area contributed by atoms with Gasteiger partial charge in [-0.3, -0.25) is 9.59 Å². The van der Waals surface area contributed by atoms with Gasteiger partial charge in [0.2, 0.25) is 0 Å². The van der Waals surface area contributed by atoms with Gasteiger partial charge in [-0.25, -0.2) is 4.79 Å². The normalized spacial score (nSPS) is 13.9. The maximum Gasteiger partial charge on any atom is 0.341 e. The minimum atomic E-state index is -0.617. The molecule has 9 heteroatoms. The number of nitrogens with one attached hydrogen (secondary N) is 1. The third-order valence-electron chi connectivity index (χ3n) is 4.78. The Kier molecular flexibility index (Phi) is 6.82. The summed E-state index contributed by atoms with van der Waals surface area (Å²) in [5.41, 5.74) is 0.882. The molecule has 2 amide bonds. The third-order valence-corrected chi connectivity index (χ3v) is 6.52. The molecule has 0 saturated carbocycles. The van der Waals surface area contributed by atoms with E-state index in [9.17, 15) is 14.4 Å². The lowest BCUT2D eigenvalue weighted by atomic mass is 10.1. The lowest BCUT2D eigenvalue weighted by Gasteiger charge is -2.26. The average Bonchev–Trinajstić information content (AvgIpc) is 3.03. The highest BCUT2D eigenvalue weighted by atomic mass is 35.5. The van der Waals surface area contributed by atoms with Gasteiger partial charge in [0, 0.05) is 18.1 Å². The van der Waals surface area contributed by atoms with E-state index in [4.69, 9.17) is 27.9 Å². The van der Waals surface area contributed by atoms with Crippen LogP contribution in [0.1, 0.15) is 55.2 Å². The molecule has 0 atom stereocenters. The molecule has 1 aromatic carbocycles. The molecule has 29 heavy (non-hydrogen) atoms. The number of carbonyl (C=O) groups is 3. The summed E-state index contributed by atoms with van der Waals surface area (Å²) in [7, 11) is 1.26. The number of anilines is 1. The molecule has 1 saturated heterocycles. The van der Waals surface area contributed by atoms with Crippen molar-refractivity contribution in [2.45, 2.75) is 26.2 Å². The van der Waals surface area contributed by atoms with Crippen molar-refractivity contribution in [3.05, 3.63) is 49.8 Å². The van der Waals surface area contributed by atoms with Crippen LogP contribution in [0.25, 0.3) is 0 Å². The Hall–Kier alpha value is -2.09. The predicted octanol–water partition coefficient (Wildman–Crippen LogP) is 5.03. The average molecular weight is 455 g/mol. The van der Waals surface area contributed by atoms with E-state index in [-0.39, 0.29) is 27.1 Å². The van der Waals surface area contributed by atoms with Crippen LogP contribution in [0.5, 0.6) is 0 Å². The van der Waals surface area contributed by atoms with E-state index in [1.165, 1.54) is 19.2 Å². The Labute approximate surface area is 182 Å². The second-order valence-corrected chi connectivity index (χ2v) is 8.55. The first-order valence-electron chi connectivity index (χ1n) is 9.11. The van der Waals surface area contributed by atoms with Gasteiger partial charge in [-0.1, -0.05) is 23.2 Å². The number of carbonyl (C=O) groups excluding carboxylic acids is 3. The summed E-state index contributed by atoms with van der Waals surface area (Å²) in [6.45, 7) is 3.06. The van der Waals surface area contributed by atoms with Crippen molar-refractivity contribution in [2.24, 2.45) is 0 Å². The first-order valence-corrected chi connectivity index (χ1v) is 10.7. The zero-order chi connectivity index (χ0) is 21.1. The Bertz CT molecular complexity index is 968. The smallest absolute Gasteiger partial charge is 0.341 e. The molecule has 0 unspecified atom stereocenters. The fourth-order valence-corrected chi connectivity index (χ4v) is 4.89. The van der Waals surface area contributed by atoms with E-state index in [2.05, 4.69) is 5.32 Å². The van der Waals surface area contributed by atoms with Crippen LogP contribution in [0.2, 0.25) is 10.0 Å². The van der Waals surface area contributed by atoms with E-state index in [1.54, 1.807) is 17.9 Å². The van der Waals surface area contributed by atoms with Crippen molar-refractivity contribution in [3.8, 4) is 0 Å². The van der Waals surface area contributed by atoms with Gasteiger partial charge < -0.3 is 15.0 Å². The summed E-state index contributed by atoms with van der Waals surface area (Å²) in [5.74, 6) is -1.26. The third kappa shape index (κ3) is 4.57. The van der Waals surface area contributed by atoms with E-state index < -0.39 is 11.9 Å². The van der Waals surface area contributed by atoms with Crippen molar-refractivity contribution in [3.63, 3.8) is 0 Å².